The predicted octanol–water partition coefficient (Wildman–Crippen LogP) is 3.97. The lowest BCUT2D eigenvalue weighted by molar-refractivity contribution is -0.142. The number of hydrogen-bond donors (Lipinski definition) is 1. The Balaban J connectivity index is 2.18. The van der Waals surface area contributed by atoms with Crippen LogP contribution in [0.5, 0.6) is 5.75 Å². The molecule has 0 bridgehead atoms. The number of nitrogens with one attached hydrogen (secondary N) is 1. The van der Waals surface area contributed by atoms with Crippen molar-refractivity contribution in [3.8, 4) is 5.75 Å². The molecule has 0 aromatic heterocycles. The molecule has 2 amide bonds. The summed E-state index contributed by atoms with van der Waals surface area (Å²) in [7, 11) is 0. The maximum absolute atomic E-state index is 13.0. The van der Waals surface area contributed by atoms with E-state index in [0.29, 0.717) is 30.3 Å². The Morgan fingerprint density at radius 1 is 1.14 bits per heavy atom. The van der Waals surface area contributed by atoms with Crippen LogP contribution in [0.15, 0.2) is 48.5 Å². The maximum atomic E-state index is 13.0. The molecule has 0 heterocycles. The summed E-state index contributed by atoms with van der Waals surface area (Å²) in [4.78, 5) is 27.1. The zero-order valence-corrected chi connectivity index (χ0v) is 17.3. The van der Waals surface area contributed by atoms with Gasteiger partial charge in [-0.25, -0.2) is 0 Å². The summed E-state index contributed by atoms with van der Waals surface area (Å²) in [5, 5.41) is 3.35. The largest absolute Gasteiger partial charge is 0.484 e. The number of rotatable bonds is 9. The summed E-state index contributed by atoms with van der Waals surface area (Å²) in [6.45, 7) is 6.46. The normalized spacial score (nSPS) is 11.6. The first-order valence-electron chi connectivity index (χ1n) is 9.45. The SMILES string of the molecule is CCNC(=O)[C@H](CC)N(Cc1ccc(C)cc1)C(=O)COc1cccc(Cl)c1. The molecule has 2 rings (SSSR count). The van der Waals surface area contributed by atoms with Gasteiger partial charge in [-0.2, -0.15) is 0 Å². The van der Waals surface area contributed by atoms with Gasteiger partial charge in [0.05, 0.1) is 0 Å². The lowest BCUT2D eigenvalue weighted by Crippen LogP contribution is -2.50. The molecule has 2 aromatic carbocycles. The molecule has 0 aliphatic carbocycles. The van der Waals surface area contributed by atoms with Crippen LogP contribution in [0.3, 0.4) is 0 Å². The van der Waals surface area contributed by atoms with Gasteiger partial charge in [-0.3, -0.25) is 9.59 Å². The Kier molecular flexibility index (Phi) is 8.33. The van der Waals surface area contributed by atoms with Crippen LogP contribution in [0.25, 0.3) is 0 Å². The molecule has 28 heavy (non-hydrogen) atoms. The Bertz CT molecular complexity index is 793. The number of carbonyl (C=O) groups excluding carboxylic acids is 2. The van der Waals surface area contributed by atoms with Crippen molar-refractivity contribution in [2.45, 2.75) is 39.8 Å². The molecule has 5 nitrogen and oxygen atoms in total. The highest BCUT2D eigenvalue weighted by atomic mass is 35.5. The fourth-order valence-corrected chi connectivity index (χ4v) is 3.07. The lowest BCUT2D eigenvalue weighted by atomic mass is 10.1. The molecule has 0 unspecified atom stereocenters. The number of aryl methyl sites for hydroxylation is 1. The number of nitrogens with zero attached hydrogens (tertiary/aromatic N) is 1. The van der Waals surface area contributed by atoms with Gasteiger partial charge in [-0.15, -0.1) is 0 Å². The van der Waals surface area contributed by atoms with E-state index in [2.05, 4.69) is 5.32 Å². The van der Waals surface area contributed by atoms with Gasteiger partial charge in [-0.1, -0.05) is 54.4 Å². The van der Waals surface area contributed by atoms with Crippen LogP contribution in [0.4, 0.5) is 0 Å². The number of carbonyl (C=O) groups is 2. The number of hydrogen-bond acceptors (Lipinski definition) is 3. The third-order valence-electron chi connectivity index (χ3n) is 4.37. The van der Waals surface area contributed by atoms with Crippen molar-refractivity contribution in [2.75, 3.05) is 13.2 Å². The van der Waals surface area contributed by atoms with E-state index in [1.165, 1.54) is 0 Å². The van der Waals surface area contributed by atoms with Crippen molar-refractivity contribution in [3.63, 3.8) is 0 Å². The van der Waals surface area contributed by atoms with E-state index in [-0.39, 0.29) is 18.4 Å². The summed E-state index contributed by atoms with van der Waals surface area (Å²) >= 11 is 5.96. The van der Waals surface area contributed by atoms with Gasteiger partial charge >= 0.3 is 0 Å². The second-order valence-electron chi connectivity index (χ2n) is 6.57. The summed E-state index contributed by atoms with van der Waals surface area (Å²) in [5.74, 6) is 0.106. The summed E-state index contributed by atoms with van der Waals surface area (Å²) < 4.78 is 5.61. The zero-order valence-electron chi connectivity index (χ0n) is 16.6. The van der Waals surface area contributed by atoms with Crippen molar-refractivity contribution in [1.29, 1.82) is 0 Å². The highest BCUT2D eigenvalue weighted by Gasteiger charge is 2.28. The van der Waals surface area contributed by atoms with Gasteiger partial charge in [0.1, 0.15) is 11.8 Å². The molecular formula is C22H27ClN2O3. The first-order chi connectivity index (χ1) is 13.4. The van der Waals surface area contributed by atoms with Crippen molar-refractivity contribution in [1.82, 2.24) is 10.2 Å². The molecule has 0 saturated heterocycles. The third-order valence-corrected chi connectivity index (χ3v) is 4.60. The first-order valence-corrected chi connectivity index (χ1v) is 9.83. The molecule has 2 aromatic rings. The van der Waals surface area contributed by atoms with Crippen molar-refractivity contribution >= 4 is 23.4 Å². The van der Waals surface area contributed by atoms with E-state index >= 15 is 0 Å². The minimum absolute atomic E-state index is 0.159. The van der Waals surface area contributed by atoms with Gasteiger partial charge in [0.2, 0.25) is 5.91 Å². The summed E-state index contributed by atoms with van der Waals surface area (Å²) in [5.41, 5.74) is 2.10. The van der Waals surface area contributed by atoms with Crippen molar-refractivity contribution < 1.29 is 14.3 Å². The zero-order chi connectivity index (χ0) is 20.5. The maximum Gasteiger partial charge on any atom is 0.261 e. The van der Waals surface area contributed by atoms with Gasteiger partial charge in [0, 0.05) is 18.1 Å². The van der Waals surface area contributed by atoms with Crippen molar-refractivity contribution in [3.05, 3.63) is 64.7 Å². The lowest BCUT2D eigenvalue weighted by Gasteiger charge is -2.30. The molecule has 0 fully saturated rings. The van der Waals surface area contributed by atoms with E-state index < -0.39 is 6.04 Å². The molecule has 0 aliphatic heterocycles. The minimum Gasteiger partial charge on any atom is -0.484 e. The van der Waals surface area contributed by atoms with E-state index in [4.69, 9.17) is 16.3 Å². The molecular weight excluding hydrogens is 376 g/mol. The van der Waals surface area contributed by atoms with Crippen LogP contribution in [0.1, 0.15) is 31.4 Å². The van der Waals surface area contributed by atoms with Crippen LogP contribution in [0, 0.1) is 6.92 Å². The number of benzene rings is 2. The Morgan fingerprint density at radius 2 is 1.86 bits per heavy atom. The van der Waals surface area contributed by atoms with Crippen LogP contribution in [-0.4, -0.2) is 35.9 Å². The van der Waals surface area contributed by atoms with E-state index in [0.717, 1.165) is 11.1 Å². The van der Waals surface area contributed by atoms with Crippen LogP contribution >= 0.6 is 11.6 Å². The van der Waals surface area contributed by atoms with Crippen molar-refractivity contribution in [2.24, 2.45) is 0 Å². The highest BCUT2D eigenvalue weighted by molar-refractivity contribution is 6.30. The minimum atomic E-state index is -0.559. The fourth-order valence-electron chi connectivity index (χ4n) is 2.89. The Labute approximate surface area is 171 Å². The summed E-state index contributed by atoms with van der Waals surface area (Å²) in [6, 6.07) is 14.3. The molecule has 1 atom stereocenters. The smallest absolute Gasteiger partial charge is 0.261 e. The van der Waals surface area contributed by atoms with Crippen LogP contribution < -0.4 is 10.1 Å². The van der Waals surface area contributed by atoms with Gasteiger partial charge in [0.15, 0.2) is 6.61 Å². The van der Waals surface area contributed by atoms with E-state index in [1.807, 2.05) is 45.0 Å². The monoisotopic (exact) mass is 402 g/mol. The topological polar surface area (TPSA) is 58.6 Å². The van der Waals surface area contributed by atoms with Gasteiger partial charge in [-0.05, 0) is 44.0 Å². The third kappa shape index (κ3) is 6.27. The molecule has 150 valence electrons. The number of ether oxygens (including phenoxy) is 1. The molecule has 0 radical (unpaired) electrons. The van der Waals surface area contributed by atoms with Crippen LogP contribution in [-0.2, 0) is 16.1 Å². The highest BCUT2D eigenvalue weighted by Crippen LogP contribution is 2.18. The second-order valence-corrected chi connectivity index (χ2v) is 7.01. The molecule has 0 saturated carbocycles. The number of halogens is 1. The number of likely N-dealkylation sites (N-methyl/N-ethyl adjacent to an activating group) is 1. The van der Waals surface area contributed by atoms with E-state index in [9.17, 15) is 9.59 Å². The summed E-state index contributed by atoms with van der Waals surface area (Å²) in [6.07, 6.45) is 0.514. The van der Waals surface area contributed by atoms with E-state index in [1.54, 1.807) is 29.2 Å². The molecule has 1 N–H and O–H groups in total. The van der Waals surface area contributed by atoms with Crippen LogP contribution in [0.2, 0.25) is 5.02 Å². The quantitative estimate of drug-likeness (QED) is 0.690. The first kappa shape index (κ1) is 21.8. The Morgan fingerprint density at radius 3 is 2.46 bits per heavy atom. The molecule has 6 heteroatoms. The van der Waals surface area contributed by atoms with Gasteiger partial charge < -0.3 is 15.0 Å². The molecule has 0 spiro atoms. The Hall–Kier alpha value is -2.53. The second kappa shape index (κ2) is 10.7. The predicted molar refractivity (Wildman–Crippen MR) is 111 cm³/mol. The standard InChI is InChI=1S/C22H27ClN2O3/c1-4-20(22(27)24-5-2)25(14-17-11-9-16(3)10-12-17)21(26)15-28-19-8-6-7-18(23)13-19/h6-13,20H,4-5,14-15H2,1-3H3,(H,24,27)/t20-/m0/s1. The average molecular weight is 403 g/mol. The average Bonchev–Trinajstić information content (AvgIpc) is 2.68. The molecule has 0 aliphatic rings. The van der Waals surface area contributed by atoms with Gasteiger partial charge in [0.25, 0.3) is 5.91 Å². The number of amides is 2. The fraction of sp³-hybridized carbons (Fsp3) is 0.364.